The first kappa shape index (κ1) is 10.2. The summed E-state index contributed by atoms with van der Waals surface area (Å²) in [6.45, 7) is 0. The molecule has 4 fully saturated rings. The van der Waals surface area contributed by atoms with Gasteiger partial charge in [-0.1, -0.05) is 0 Å². The number of amides is 1. The van der Waals surface area contributed by atoms with Crippen molar-refractivity contribution in [2.45, 2.75) is 44.9 Å². The van der Waals surface area contributed by atoms with Crippen molar-refractivity contribution in [3.8, 4) is 0 Å². The van der Waals surface area contributed by atoms with Gasteiger partial charge in [-0.2, -0.15) is 0 Å². The monoisotopic (exact) mass is 219 g/mol. The van der Waals surface area contributed by atoms with Crippen LogP contribution < -0.4 is 0 Å². The summed E-state index contributed by atoms with van der Waals surface area (Å²) in [5.41, 5.74) is 0.201. The predicted molar refractivity (Wildman–Crippen MR) is 58.4 cm³/mol. The lowest BCUT2D eigenvalue weighted by molar-refractivity contribution is -0.126. The number of nitrogens with zero attached hydrogens (tertiary/aromatic N) is 1. The molecule has 0 heterocycles. The molecule has 0 radical (unpaired) electrons. The van der Waals surface area contributed by atoms with Crippen LogP contribution in [0.1, 0.15) is 44.9 Å². The average Bonchev–Trinajstić information content (AvgIpc) is 2.13. The van der Waals surface area contributed by atoms with Gasteiger partial charge in [0.1, 0.15) is 0 Å². The zero-order chi connectivity index (χ0) is 11.2. The molecule has 4 aliphatic rings. The van der Waals surface area contributed by atoms with Gasteiger partial charge in [-0.3, -0.25) is 4.79 Å². The molecule has 3 heteroatoms. The second kappa shape index (κ2) is 3.53. The maximum absolute atomic E-state index is 11.5. The fourth-order valence-corrected chi connectivity index (χ4v) is 4.92. The normalized spacial score (nSPS) is 44.1. The Labute approximate surface area is 95.3 Å². The van der Waals surface area contributed by atoms with Crippen LogP contribution in [-0.2, 0) is 9.59 Å². The Morgan fingerprint density at radius 3 is 2.06 bits per heavy atom. The minimum absolute atomic E-state index is 0.201. The van der Waals surface area contributed by atoms with E-state index in [0.717, 1.165) is 17.8 Å². The molecule has 0 N–H and O–H groups in total. The lowest BCUT2D eigenvalue weighted by Crippen LogP contribution is -2.46. The van der Waals surface area contributed by atoms with Gasteiger partial charge in [0.25, 0.3) is 5.91 Å². The molecule has 0 unspecified atom stereocenters. The molecule has 0 aliphatic heterocycles. The van der Waals surface area contributed by atoms with Crippen molar-refractivity contribution in [3.63, 3.8) is 0 Å². The number of aliphatic imine (C=N–C) groups is 1. The molecule has 0 spiro atoms. The van der Waals surface area contributed by atoms with Gasteiger partial charge >= 0.3 is 0 Å². The highest BCUT2D eigenvalue weighted by Crippen LogP contribution is 2.61. The van der Waals surface area contributed by atoms with Gasteiger partial charge in [-0.25, -0.2) is 4.79 Å². The Morgan fingerprint density at radius 1 is 1.12 bits per heavy atom. The third-order valence-corrected chi connectivity index (χ3v) is 4.86. The zero-order valence-corrected chi connectivity index (χ0v) is 9.45. The van der Waals surface area contributed by atoms with Crippen molar-refractivity contribution in [3.05, 3.63) is 0 Å². The number of carbonyl (C=O) groups is 1. The molecule has 4 rings (SSSR count). The van der Waals surface area contributed by atoms with Gasteiger partial charge in [0.05, 0.1) is 0 Å². The fourth-order valence-electron chi connectivity index (χ4n) is 4.92. The summed E-state index contributed by atoms with van der Waals surface area (Å²) in [5.74, 6) is 2.29. The fraction of sp³-hybridized carbons (Fsp3) is 0.846. The summed E-state index contributed by atoms with van der Waals surface area (Å²) >= 11 is 0. The maximum Gasteiger partial charge on any atom is 0.257 e. The van der Waals surface area contributed by atoms with Crippen LogP contribution in [0.5, 0.6) is 0 Å². The van der Waals surface area contributed by atoms with Gasteiger partial charge in [-0.15, -0.1) is 4.99 Å². The molecule has 1 amide bonds. The first-order valence-electron chi connectivity index (χ1n) is 6.30. The van der Waals surface area contributed by atoms with Gasteiger partial charge in [0, 0.05) is 6.42 Å². The van der Waals surface area contributed by atoms with E-state index in [9.17, 15) is 9.59 Å². The summed E-state index contributed by atoms with van der Waals surface area (Å²) in [6, 6.07) is 0. The van der Waals surface area contributed by atoms with Crippen molar-refractivity contribution in [2.75, 3.05) is 0 Å². The smallest absolute Gasteiger partial charge is 0.257 e. The van der Waals surface area contributed by atoms with Gasteiger partial charge in [0.15, 0.2) is 0 Å². The molecule has 0 saturated heterocycles. The van der Waals surface area contributed by atoms with Crippen LogP contribution >= 0.6 is 0 Å². The van der Waals surface area contributed by atoms with E-state index in [1.807, 2.05) is 0 Å². The van der Waals surface area contributed by atoms with Crippen LogP contribution in [-0.4, -0.2) is 12.0 Å². The van der Waals surface area contributed by atoms with E-state index in [-0.39, 0.29) is 11.3 Å². The summed E-state index contributed by atoms with van der Waals surface area (Å²) < 4.78 is 0. The molecule has 0 atom stereocenters. The molecule has 4 bridgehead atoms. The van der Waals surface area contributed by atoms with Crippen LogP contribution in [0.4, 0.5) is 0 Å². The van der Waals surface area contributed by atoms with Crippen molar-refractivity contribution < 1.29 is 9.59 Å². The number of carbonyl (C=O) groups excluding carboxylic acids is 2. The topological polar surface area (TPSA) is 46.5 Å². The lowest BCUT2D eigenvalue weighted by Gasteiger charge is -2.56. The van der Waals surface area contributed by atoms with Crippen molar-refractivity contribution in [1.82, 2.24) is 0 Å². The van der Waals surface area contributed by atoms with Crippen molar-refractivity contribution in [2.24, 2.45) is 28.2 Å². The Morgan fingerprint density at radius 2 is 1.62 bits per heavy atom. The predicted octanol–water partition coefficient (Wildman–Crippen LogP) is 2.46. The van der Waals surface area contributed by atoms with Crippen LogP contribution in [0, 0.1) is 23.2 Å². The minimum atomic E-state index is -0.253. The number of rotatable bonds is 2. The van der Waals surface area contributed by atoms with Crippen molar-refractivity contribution >= 4 is 12.0 Å². The minimum Gasteiger partial charge on any atom is -0.272 e. The Bertz CT molecular complexity index is 333. The Balaban J connectivity index is 1.78. The molecule has 4 aliphatic carbocycles. The second-order valence-corrected chi connectivity index (χ2v) is 6.19. The van der Waals surface area contributed by atoms with Crippen LogP contribution in [0.25, 0.3) is 0 Å². The van der Waals surface area contributed by atoms with Gasteiger partial charge in [0.2, 0.25) is 6.08 Å². The van der Waals surface area contributed by atoms with E-state index in [0.29, 0.717) is 6.42 Å². The van der Waals surface area contributed by atoms with E-state index >= 15 is 0 Å². The van der Waals surface area contributed by atoms with E-state index in [1.165, 1.54) is 44.6 Å². The SMILES string of the molecule is O=C=NC(=O)CC12CC3CC(CC(C3)C1)C2. The van der Waals surface area contributed by atoms with Crippen LogP contribution in [0.15, 0.2) is 4.99 Å². The van der Waals surface area contributed by atoms with E-state index in [4.69, 9.17) is 0 Å². The molecular weight excluding hydrogens is 202 g/mol. The summed E-state index contributed by atoms with van der Waals surface area (Å²) in [7, 11) is 0. The summed E-state index contributed by atoms with van der Waals surface area (Å²) in [5, 5.41) is 0. The number of hydrogen-bond donors (Lipinski definition) is 0. The van der Waals surface area contributed by atoms with Crippen molar-refractivity contribution in [1.29, 1.82) is 0 Å². The highest BCUT2D eigenvalue weighted by molar-refractivity contribution is 5.82. The molecule has 86 valence electrons. The summed E-state index contributed by atoms with van der Waals surface area (Å²) in [4.78, 5) is 24.8. The Kier molecular flexibility index (Phi) is 2.25. The first-order valence-corrected chi connectivity index (χ1v) is 6.30. The molecule has 4 saturated carbocycles. The largest absolute Gasteiger partial charge is 0.272 e. The first-order chi connectivity index (χ1) is 7.69. The zero-order valence-electron chi connectivity index (χ0n) is 9.45. The molecule has 16 heavy (non-hydrogen) atoms. The van der Waals surface area contributed by atoms with E-state index in [1.54, 1.807) is 0 Å². The third kappa shape index (κ3) is 1.63. The molecule has 0 aromatic heterocycles. The van der Waals surface area contributed by atoms with E-state index < -0.39 is 0 Å². The molecule has 3 nitrogen and oxygen atoms in total. The standard InChI is InChI=1S/C13H17NO2/c15-8-14-12(16)7-13-4-9-1-10(5-13)3-11(2-9)6-13/h9-11H,1-7H2. The summed E-state index contributed by atoms with van der Waals surface area (Å²) in [6.07, 6.45) is 9.59. The quantitative estimate of drug-likeness (QED) is 0.529. The number of isocyanates is 1. The maximum atomic E-state index is 11.5. The van der Waals surface area contributed by atoms with Crippen LogP contribution in [0.2, 0.25) is 0 Å². The lowest BCUT2D eigenvalue weighted by atomic mass is 9.49. The van der Waals surface area contributed by atoms with Gasteiger partial charge in [-0.05, 0) is 61.7 Å². The average molecular weight is 219 g/mol. The van der Waals surface area contributed by atoms with Gasteiger partial charge < -0.3 is 0 Å². The highest BCUT2D eigenvalue weighted by Gasteiger charge is 2.51. The van der Waals surface area contributed by atoms with E-state index in [2.05, 4.69) is 4.99 Å². The molecule has 0 aromatic rings. The highest BCUT2D eigenvalue weighted by atomic mass is 16.2. The molecule has 0 aromatic carbocycles. The third-order valence-electron chi connectivity index (χ3n) is 4.86. The Hall–Kier alpha value is -0.950. The number of hydrogen-bond acceptors (Lipinski definition) is 2. The van der Waals surface area contributed by atoms with Crippen LogP contribution in [0.3, 0.4) is 0 Å². The molecular formula is C13H17NO2. The second-order valence-electron chi connectivity index (χ2n) is 6.19.